The molecule has 9 nitrogen and oxygen atoms in total. The number of amides is 2. The quantitative estimate of drug-likeness (QED) is 0.243. The molecule has 0 aromatic heterocycles. The van der Waals surface area contributed by atoms with Crippen molar-refractivity contribution in [2.75, 3.05) is 5.32 Å². The Balaban J connectivity index is 1.19. The topological polar surface area (TPSA) is 103 Å². The van der Waals surface area contributed by atoms with Gasteiger partial charge in [-0.25, -0.2) is 9.59 Å². The molecule has 266 valence electrons. The van der Waals surface area contributed by atoms with Crippen molar-refractivity contribution in [3.05, 3.63) is 86.9 Å². The van der Waals surface area contributed by atoms with Gasteiger partial charge in [-0.1, -0.05) is 61.7 Å². The molecule has 1 N–H and O–H groups in total. The van der Waals surface area contributed by atoms with Crippen LogP contribution in [0.3, 0.4) is 0 Å². The lowest BCUT2D eigenvalue weighted by Gasteiger charge is -2.39. The van der Waals surface area contributed by atoms with E-state index in [0.29, 0.717) is 45.3 Å². The first-order chi connectivity index (χ1) is 23.8. The Morgan fingerprint density at radius 1 is 0.980 bits per heavy atom. The molecule has 4 atom stereocenters. The summed E-state index contributed by atoms with van der Waals surface area (Å²) in [4.78, 5) is 42.1. The molecule has 0 spiro atoms. The zero-order valence-electron chi connectivity index (χ0n) is 29.1. The van der Waals surface area contributed by atoms with Crippen LogP contribution in [0.4, 0.5) is 10.5 Å². The summed E-state index contributed by atoms with van der Waals surface area (Å²) in [5.74, 6) is 1.00. The first-order valence-corrected chi connectivity index (χ1v) is 18.0. The first kappa shape index (κ1) is 35.9. The fourth-order valence-corrected chi connectivity index (χ4v) is 7.25. The first-order valence-electron chi connectivity index (χ1n) is 17.3. The van der Waals surface area contributed by atoms with Crippen LogP contribution in [-0.4, -0.2) is 40.6 Å². The van der Waals surface area contributed by atoms with E-state index in [2.05, 4.69) is 19.2 Å². The summed E-state index contributed by atoms with van der Waals surface area (Å²) < 4.78 is 24.1. The number of ether oxygens (including phenoxy) is 4. The molecule has 0 bridgehead atoms. The second-order valence-corrected chi connectivity index (χ2v) is 15.5. The van der Waals surface area contributed by atoms with Crippen molar-refractivity contribution in [1.29, 1.82) is 0 Å². The van der Waals surface area contributed by atoms with Crippen molar-refractivity contribution >= 4 is 46.9 Å². The molecular formula is C39H44Cl2N2O7. The predicted octanol–water partition coefficient (Wildman–Crippen LogP) is 9.06. The van der Waals surface area contributed by atoms with E-state index in [1.807, 2.05) is 18.2 Å². The minimum atomic E-state index is -0.901. The standard InChI is InChI=1S/C39H44Cl2N2O7/c1-22(2)28-8-6-7-9-33(28)49-37(45)32-18-25-17-31-34(19-26(25)20-43(32)38(46)50-39(3,4)5)48-35(36(44)42-31)24-11-13-27(14-12-24)47-21-23-10-15-29(40)30(41)16-23/h10-17,19,22,28,32-33,35H,6-9,18,20-21H2,1-5H3,(H,42,44)/t28-,32-,33+,35+/m0/s1. The van der Waals surface area contributed by atoms with E-state index in [0.717, 1.165) is 42.4 Å². The smallest absolute Gasteiger partial charge is 0.411 e. The Bertz CT molecular complexity index is 1750. The van der Waals surface area contributed by atoms with E-state index >= 15 is 0 Å². The van der Waals surface area contributed by atoms with Gasteiger partial charge in [-0.2, -0.15) is 0 Å². The number of esters is 1. The zero-order chi connectivity index (χ0) is 35.7. The van der Waals surface area contributed by atoms with Gasteiger partial charge < -0.3 is 24.3 Å². The fourth-order valence-electron chi connectivity index (χ4n) is 6.93. The van der Waals surface area contributed by atoms with Crippen molar-refractivity contribution in [3.8, 4) is 11.5 Å². The molecule has 6 rings (SSSR count). The number of anilines is 1. The van der Waals surface area contributed by atoms with Gasteiger partial charge in [0.1, 0.15) is 35.9 Å². The van der Waals surface area contributed by atoms with Crippen molar-refractivity contribution in [2.45, 2.75) is 104 Å². The number of rotatable bonds is 7. The van der Waals surface area contributed by atoms with Crippen LogP contribution in [-0.2, 0) is 38.6 Å². The molecule has 0 unspecified atom stereocenters. The molecule has 3 aromatic carbocycles. The van der Waals surface area contributed by atoms with Crippen LogP contribution in [0.2, 0.25) is 10.0 Å². The average molecular weight is 724 g/mol. The van der Waals surface area contributed by atoms with Crippen molar-refractivity contribution < 1.29 is 33.3 Å². The maximum atomic E-state index is 13.8. The van der Waals surface area contributed by atoms with E-state index in [1.165, 1.54) is 4.90 Å². The third kappa shape index (κ3) is 8.16. The van der Waals surface area contributed by atoms with Crippen LogP contribution in [0.25, 0.3) is 0 Å². The van der Waals surface area contributed by atoms with E-state index < -0.39 is 29.8 Å². The summed E-state index contributed by atoms with van der Waals surface area (Å²) in [5.41, 5.74) is 2.91. The van der Waals surface area contributed by atoms with Crippen LogP contribution in [0, 0.1) is 11.8 Å². The summed E-state index contributed by atoms with van der Waals surface area (Å²) in [5, 5.41) is 3.92. The van der Waals surface area contributed by atoms with Gasteiger partial charge in [-0.05, 0) is 105 Å². The van der Waals surface area contributed by atoms with Gasteiger partial charge in [-0.3, -0.25) is 9.69 Å². The maximum absolute atomic E-state index is 13.8. The highest BCUT2D eigenvalue weighted by molar-refractivity contribution is 6.42. The molecule has 0 radical (unpaired) electrons. The number of carbonyl (C=O) groups excluding carboxylic acids is 3. The number of halogens is 2. The van der Waals surface area contributed by atoms with Gasteiger partial charge in [0.25, 0.3) is 5.91 Å². The highest BCUT2D eigenvalue weighted by Gasteiger charge is 2.41. The number of fused-ring (bicyclic) bond motifs is 2. The maximum Gasteiger partial charge on any atom is 0.411 e. The third-order valence-electron chi connectivity index (χ3n) is 9.52. The van der Waals surface area contributed by atoms with Crippen LogP contribution >= 0.6 is 23.2 Å². The summed E-state index contributed by atoms with van der Waals surface area (Å²) >= 11 is 12.1. The summed E-state index contributed by atoms with van der Waals surface area (Å²) in [6.45, 7) is 10.1. The Morgan fingerprint density at radius 3 is 2.42 bits per heavy atom. The molecule has 2 amide bonds. The van der Waals surface area contributed by atoms with E-state index in [4.69, 9.17) is 42.1 Å². The molecule has 3 aliphatic rings. The summed E-state index contributed by atoms with van der Waals surface area (Å²) in [6.07, 6.45) is 2.52. The molecule has 1 saturated carbocycles. The molecule has 11 heteroatoms. The average Bonchev–Trinajstić information content (AvgIpc) is 3.06. The molecule has 2 aliphatic heterocycles. The Hall–Kier alpha value is -3.95. The number of benzene rings is 3. The van der Waals surface area contributed by atoms with Crippen LogP contribution in [0.15, 0.2) is 54.6 Å². The van der Waals surface area contributed by atoms with E-state index in [-0.39, 0.29) is 30.9 Å². The van der Waals surface area contributed by atoms with Gasteiger partial charge >= 0.3 is 12.1 Å². The predicted molar refractivity (Wildman–Crippen MR) is 192 cm³/mol. The zero-order valence-corrected chi connectivity index (χ0v) is 30.6. The molecule has 0 saturated heterocycles. The second-order valence-electron chi connectivity index (χ2n) is 14.7. The van der Waals surface area contributed by atoms with E-state index in [1.54, 1.807) is 57.2 Å². The number of hydrogen-bond donors (Lipinski definition) is 1. The van der Waals surface area contributed by atoms with Crippen LogP contribution in [0.1, 0.15) is 88.7 Å². The summed E-state index contributed by atoms with van der Waals surface area (Å²) in [7, 11) is 0. The minimum Gasteiger partial charge on any atom is -0.489 e. The number of hydrogen-bond acceptors (Lipinski definition) is 7. The molecule has 1 fully saturated rings. The summed E-state index contributed by atoms with van der Waals surface area (Å²) in [6, 6.07) is 15.3. The Morgan fingerprint density at radius 2 is 1.72 bits per heavy atom. The number of carbonyl (C=O) groups is 3. The van der Waals surface area contributed by atoms with Crippen molar-refractivity contribution in [1.82, 2.24) is 4.90 Å². The molecule has 50 heavy (non-hydrogen) atoms. The highest BCUT2D eigenvalue weighted by Crippen LogP contribution is 2.41. The van der Waals surface area contributed by atoms with Crippen LogP contribution in [0.5, 0.6) is 11.5 Å². The normalized spacial score (nSPS) is 21.8. The lowest BCUT2D eigenvalue weighted by Crippen LogP contribution is -2.52. The van der Waals surface area contributed by atoms with E-state index in [9.17, 15) is 14.4 Å². The van der Waals surface area contributed by atoms with Crippen molar-refractivity contribution in [3.63, 3.8) is 0 Å². The molecular weight excluding hydrogens is 679 g/mol. The third-order valence-corrected chi connectivity index (χ3v) is 10.3. The fraction of sp³-hybridized carbons (Fsp3) is 0.462. The van der Waals surface area contributed by atoms with Gasteiger partial charge in [0, 0.05) is 12.0 Å². The Kier molecular flexibility index (Phi) is 10.6. The Labute approximate surface area is 303 Å². The second kappa shape index (κ2) is 14.7. The lowest BCUT2D eigenvalue weighted by atomic mass is 9.79. The highest BCUT2D eigenvalue weighted by atomic mass is 35.5. The van der Waals surface area contributed by atoms with Crippen LogP contribution < -0.4 is 14.8 Å². The number of nitrogens with one attached hydrogen (secondary N) is 1. The lowest BCUT2D eigenvalue weighted by molar-refractivity contribution is -0.161. The van der Waals surface area contributed by atoms with Gasteiger partial charge in [0.2, 0.25) is 6.10 Å². The van der Waals surface area contributed by atoms with Gasteiger partial charge in [0.05, 0.1) is 22.3 Å². The molecule has 1 aliphatic carbocycles. The number of nitrogens with zero attached hydrogens (tertiary/aromatic N) is 1. The molecule has 2 heterocycles. The minimum absolute atomic E-state index is 0.127. The van der Waals surface area contributed by atoms with Gasteiger partial charge in [-0.15, -0.1) is 0 Å². The SMILES string of the molecule is CC(C)[C@@H]1CCCC[C@H]1OC(=O)[C@@H]1Cc2cc3c(cc2CN1C(=O)OC(C)(C)C)O[C@H](c1ccc(OCc2ccc(Cl)c(Cl)c2)cc1)C(=O)N3. The largest absolute Gasteiger partial charge is 0.489 e. The van der Waals surface area contributed by atoms with Gasteiger partial charge in [0.15, 0.2) is 0 Å². The van der Waals surface area contributed by atoms with Crippen molar-refractivity contribution in [2.24, 2.45) is 11.8 Å². The molecule has 3 aromatic rings. The monoisotopic (exact) mass is 722 g/mol.